The van der Waals surface area contributed by atoms with Gasteiger partial charge in [0.2, 0.25) is 0 Å². The molecule has 0 unspecified atom stereocenters. The van der Waals surface area contributed by atoms with E-state index >= 15 is 0 Å². The van der Waals surface area contributed by atoms with Gasteiger partial charge in [-0.05, 0) is 37.3 Å². The molecule has 15 heavy (non-hydrogen) atoms. The fraction of sp³-hybridized carbons (Fsp3) is 0.800. The smallest absolute Gasteiger partial charge is 0.137 e. The van der Waals surface area contributed by atoms with Gasteiger partial charge in [0.1, 0.15) is 12.2 Å². The van der Waals surface area contributed by atoms with Crippen molar-refractivity contribution in [3.8, 4) is 0 Å². The van der Waals surface area contributed by atoms with E-state index in [1.165, 1.54) is 24.3 Å². The van der Waals surface area contributed by atoms with Gasteiger partial charge in [-0.25, -0.2) is 4.98 Å². The van der Waals surface area contributed by atoms with Crippen LogP contribution in [0.4, 0.5) is 0 Å². The Morgan fingerprint density at radius 2 is 2.33 bits per heavy atom. The molecule has 2 rings (SSSR count). The molecule has 1 saturated heterocycles. The van der Waals surface area contributed by atoms with E-state index in [0.29, 0.717) is 0 Å². The fourth-order valence-electron chi connectivity index (χ4n) is 1.81. The number of aromatic nitrogens is 3. The van der Waals surface area contributed by atoms with E-state index in [9.17, 15) is 0 Å². The normalized spacial score (nSPS) is 18.1. The zero-order valence-corrected chi connectivity index (χ0v) is 9.72. The fourth-order valence-corrected chi connectivity index (χ4v) is 2.92. The summed E-state index contributed by atoms with van der Waals surface area (Å²) in [5.41, 5.74) is 0. The minimum absolute atomic E-state index is 0.751. The van der Waals surface area contributed by atoms with Gasteiger partial charge in [0.05, 0.1) is 0 Å². The topological polar surface area (TPSA) is 53.6 Å². The molecule has 0 spiro atoms. The van der Waals surface area contributed by atoms with E-state index in [1.54, 1.807) is 6.33 Å². The number of aryl methyl sites for hydroxylation is 1. The zero-order valence-electron chi connectivity index (χ0n) is 8.91. The molecule has 0 radical (unpaired) electrons. The molecule has 0 saturated carbocycles. The molecule has 2 heterocycles. The predicted octanol–water partition coefficient (Wildman–Crippen LogP) is 1.22. The minimum atomic E-state index is 0.751. The third kappa shape index (κ3) is 3.83. The molecule has 4 nitrogen and oxygen atoms in total. The number of nitrogens with one attached hydrogen (secondary N) is 2. The summed E-state index contributed by atoms with van der Waals surface area (Å²) in [4.78, 5) is 4.10. The summed E-state index contributed by atoms with van der Waals surface area (Å²) in [6, 6.07) is 0.751. The summed E-state index contributed by atoms with van der Waals surface area (Å²) >= 11 is 2.07. The predicted molar refractivity (Wildman–Crippen MR) is 63.1 cm³/mol. The molecule has 84 valence electrons. The van der Waals surface area contributed by atoms with Gasteiger partial charge in [-0.2, -0.15) is 16.9 Å². The molecule has 1 fully saturated rings. The third-order valence-electron chi connectivity index (χ3n) is 2.71. The van der Waals surface area contributed by atoms with Crippen LogP contribution in [0.3, 0.4) is 0 Å². The maximum atomic E-state index is 4.10. The van der Waals surface area contributed by atoms with Gasteiger partial charge in [0, 0.05) is 12.5 Å². The van der Waals surface area contributed by atoms with E-state index in [1.807, 2.05) is 0 Å². The van der Waals surface area contributed by atoms with Crippen LogP contribution in [-0.2, 0) is 6.42 Å². The lowest BCUT2D eigenvalue weighted by Gasteiger charge is -2.22. The number of rotatable bonds is 5. The first kappa shape index (κ1) is 11.0. The summed E-state index contributed by atoms with van der Waals surface area (Å²) in [6.07, 6.45) is 6.36. The number of hydrogen-bond donors (Lipinski definition) is 2. The Bertz CT molecular complexity index is 256. The van der Waals surface area contributed by atoms with Crippen LogP contribution >= 0.6 is 11.8 Å². The van der Waals surface area contributed by atoms with Crippen LogP contribution < -0.4 is 5.32 Å². The van der Waals surface area contributed by atoms with E-state index in [4.69, 9.17) is 0 Å². The highest BCUT2D eigenvalue weighted by atomic mass is 32.2. The van der Waals surface area contributed by atoms with E-state index in [-0.39, 0.29) is 0 Å². The van der Waals surface area contributed by atoms with Crippen LogP contribution in [0.5, 0.6) is 0 Å². The van der Waals surface area contributed by atoms with Crippen molar-refractivity contribution in [2.75, 3.05) is 18.1 Å². The molecule has 0 atom stereocenters. The lowest BCUT2D eigenvalue weighted by molar-refractivity contribution is 0.476. The van der Waals surface area contributed by atoms with Crippen LogP contribution in [0.1, 0.15) is 25.1 Å². The van der Waals surface area contributed by atoms with Crippen LogP contribution in [0.2, 0.25) is 0 Å². The molecule has 0 aliphatic carbocycles. The Hall–Kier alpha value is -0.550. The highest BCUT2D eigenvalue weighted by Gasteiger charge is 2.11. The number of nitrogens with zero attached hydrogens (tertiary/aromatic N) is 2. The van der Waals surface area contributed by atoms with Gasteiger partial charge in [-0.3, -0.25) is 5.10 Å². The van der Waals surface area contributed by atoms with Crippen LogP contribution in [-0.4, -0.2) is 39.3 Å². The van der Waals surface area contributed by atoms with Crippen molar-refractivity contribution in [2.24, 2.45) is 0 Å². The lowest BCUT2D eigenvalue weighted by Crippen LogP contribution is -2.33. The first-order valence-corrected chi connectivity index (χ1v) is 6.76. The largest absolute Gasteiger partial charge is 0.314 e. The molecule has 1 aliphatic heterocycles. The van der Waals surface area contributed by atoms with E-state index in [2.05, 4.69) is 32.3 Å². The average molecular weight is 226 g/mol. The molecular weight excluding hydrogens is 208 g/mol. The quantitative estimate of drug-likeness (QED) is 0.741. The van der Waals surface area contributed by atoms with Crippen molar-refractivity contribution in [1.82, 2.24) is 20.5 Å². The zero-order chi connectivity index (χ0) is 10.3. The third-order valence-corrected chi connectivity index (χ3v) is 3.76. The van der Waals surface area contributed by atoms with Crippen molar-refractivity contribution in [2.45, 2.75) is 31.7 Å². The Morgan fingerprint density at radius 3 is 3.07 bits per heavy atom. The van der Waals surface area contributed by atoms with E-state index < -0.39 is 0 Å². The molecule has 0 amide bonds. The van der Waals surface area contributed by atoms with Gasteiger partial charge in [0.15, 0.2) is 0 Å². The van der Waals surface area contributed by atoms with Gasteiger partial charge < -0.3 is 5.32 Å². The van der Waals surface area contributed by atoms with Crippen LogP contribution in [0.15, 0.2) is 6.33 Å². The van der Waals surface area contributed by atoms with Crippen LogP contribution in [0, 0.1) is 0 Å². The SMILES string of the molecule is c1n[nH]c(CCCNC2CCSCC2)n1. The van der Waals surface area contributed by atoms with Crippen molar-refractivity contribution in [1.29, 1.82) is 0 Å². The average Bonchev–Trinajstić information content (AvgIpc) is 2.79. The monoisotopic (exact) mass is 226 g/mol. The van der Waals surface area contributed by atoms with Gasteiger partial charge >= 0.3 is 0 Å². The second-order valence-electron chi connectivity index (χ2n) is 3.88. The molecule has 1 aliphatic rings. The lowest BCUT2D eigenvalue weighted by atomic mass is 10.1. The number of hydrogen-bond acceptors (Lipinski definition) is 4. The number of aromatic amines is 1. The molecule has 5 heteroatoms. The number of H-pyrrole nitrogens is 1. The first-order valence-electron chi connectivity index (χ1n) is 5.60. The summed E-state index contributed by atoms with van der Waals surface area (Å²) in [6.45, 7) is 1.09. The second-order valence-corrected chi connectivity index (χ2v) is 5.10. The highest BCUT2D eigenvalue weighted by Crippen LogP contribution is 2.16. The molecule has 1 aromatic rings. The van der Waals surface area contributed by atoms with Gasteiger partial charge in [-0.15, -0.1) is 0 Å². The van der Waals surface area contributed by atoms with Gasteiger partial charge in [0.25, 0.3) is 0 Å². The molecule has 0 bridgehead atoms. The first-order chi connectivity index (χ1) is 7.45. The van der Waals surface area contributed by atoms with Crippen molar-refractivity contribution >= 4 is 11.8 Å². The second kappa shape index (κ2) is 6.12. The summed E-state index contributed by atoms with van der Waals surface area (Å²) in [7, 11) is 0. The minimum Gasteiger partial charge on any atom is -0.314 e. The highest BCUT2D eigenvalue weighted by molar-refractivity contribution is 7.99. The van der Waals surface area contributed by atoms with E-state index in [0.717, 1.165) is 31.3 Å². The van der Waals surface area contributed by atoms with Crippen molar-refractivity contribution in [3.63, 3.8) is 0 Å². The molecule has 2 N–H and O–H groups in total. The van der Waals surface area contributed by atoms with Gasteiger partial charge in [-0.1, -0.05) is 0 Å². The molecular formula is C10H18N4S. The summed E-state index contributed by atoms with van der Waals surface area (Å²) in [5.74, 6) is 3.63. The Balaban J connectivity index is 1.54. The van der Waals surface area contributed by atoms with Crippen molar-refractivity contribution < 1.29 is 0 Å². The van der Waals surface area contributed by atoms with Crippen molar-refractivity contribution in [3.05, 3.63) is 12.2 Å². The van der Waals surface area contributed by atoms with Crippen LogP contribution in [0.25, 0.3) is 0 Å². The maximum Gasteiger partial charge on any atom is 0.137 e. The Morgan fingerprint density at radius 1 is 1.47 bits per heavy atom. The summed E-state index contributed by atoms with van der Waals surface area (Å²) in [5, 5.41) is 10.3. The molecule has 1 aromatic heterocycles. The standard InChI is InChI=1S/C10H18N4S/c1(2-10-12-8-13-14-10)5-11-9-3-6-15-7-4-9/h8-9,11H,1-7H2,(H,12,13,14). The number of thioether (sulfide) groups is 1. The molecule has 0 aromatic carbocycles. The maximum absolute atomic E-state index is 4.10. The summed E-state index contributed by atoms with van der Waals surface area (Å²) < 4.78 is 0. The Kier molecular flexibility index (Phi) is 4.47. The Labute approximate surface area is 94.6 Å².